The number of anilines is 1. The van der Waals surface area contributed by atoms with Crippen LogP contribution in [-0.2, 0) is 4.79 Å². The molecule has 1 saturated heterocycles. The summed E-state index contributed by atoms with van der Waals surface area (Å²) < 4.78 is 20.6. The second-order valence-corrected chi connectivity index (χ2v) is 9.52. The lowest BCUT2D eigenvalue weighted by molar-refractivity contribution is -0.125. The smallest absolute Gasteiger partial charge is 0.231 e. The third-order valence-electron chi connectivity index (χ3n) is 6.90. The van der Waals surface area contributed by atoms with Crippen molar-refractivity contribution in [2.45, 2.75) is 12.8 Å². The van der Waals surface area contributed by atoms with Gasteiger partial charge in [-0.2, -0.15) is 4.52 Å². The molecule has 0 unspecified atom stereocenters. The number of benzene rings is 2. The fraction of sp³-hybridized carbons (Fsp3) is 0.241. The van der Waals surface area contributed by atoms with Crippen LogP contribution < -0.4 is 15.0 Å². The summed E-state index contributed by atoms with van der Waals surface area (Å²) in [4.78, 5) is 14.9. The van der Waals surface area contributed by atoms with Gasteiger partial charge in [0.25, 0.3) is 0 Å². The van der Waals surface area contributed by atoms with E-state index in [0.29, 0.717) is 49.3 Å². The number of fused-ring (bicyclic) bond motifs is 1. The van der Waals surface area contributed by atoms with Gasteiger partial charge < -0.3 is 15.0 Å². The molecule has 0 radical (unpaired) electrons. The maximum atomic E-state index is 13.2. The van der Waals surface area contributed by atoms with Crippen molar-refractivity contribution >= 4 is 17.4 Å². The number of hydrogen-bond acceptors (Lipinski definition) is 8. The number of nitrogens with zero attached hydrogens (tertiary/aromatic N) is 7. The maximum absolute atomic E-state index is 13.2. The SMILES string of the molecule is O=C(NCCOc1ccc2nnc(-c3ccccc3)n2n1)C1CCN(c2ccc(-c3ccc(F)cc3)nn2)CC1. The first-order valence-corrected chi connectivity index (χ1v) is 13.2. The molecule has 202 valence electrons. The van der Waals surface area contributed by atoms with Crippen molar-refractivity contribution in [1.82, 2.24) is 35.3 Å². The van der Waals surface area contributed by atoms with Crippen molar-refractivity contribution in [1.29, 1.82) is 0 Å². The molecular weight excluding hydrogens is 511 g/mol. The van der Waals surface area contributed by atoms with Crippen molar-refractivity contribution < 1.29 is 13.9 Å². The van der Waals surface area contributed by atoms with E-state index >= 15 is 0 Å². The number of rotatable bonds is 8. The van der Waals surface area contributed by atoms with Crippen molar-refractivity contribution in [3.05, 3.63) is 84.7 Å². The van der Waals surface area contributed by atoms with Crippen LogP contribution >= 0.6 is 0 Å². The van der Waals surface area contributed by atoms with E-state index < -0.39 is 0 Å². The number of amides is 1. The molecule has 40 heavy (non-hydrogen) atoms. The van der Waals surface area contributed by atoms with Gasteiger partial charge in [-0.1, -0.05) is 30.3 Å². The topological polar surface area (TPSA) is 110 Å². The van der Waals surface area contributed by atoms with Crippen LogP contribution in [0.4, 0.5) is 10.2 Å². The average Bonchev–Trinajstić information content (AvgIpc) is 3.44. The Hall–Kier alpha value is -4.93. The highest BCUT2D eigenvalue weighted by Crippen LogP contribution is 2.24. The van der Waals surface area contributed by atoms with E-state index in [0.717, 1.165) is 29.8 Å². The summed E-state index contributed by atoms with van der Waals surface area (Å²) in [5.74, 6) is 1.50. The van der Waals surface area contributed by atoms with Crippen LogP contribution in [-0.4, -0.2) is 62.2 Å². The second kappa shape index (κ2) is 11.4. The number of hydrogen-bond donors (Lipinski definition) is 1. The van der Waals surface area contributed by atoms with Crippen LogP contribution in [0.2, 0.25) is 0 Å². The zero-order valence-electron chi connectivity index (χ0n) is 21.7. The van der Waals surface area contributed by atoms with Crippen LogP contribution in [0, 0.1) is 11.7 Å². The van der Waals surface area contributed by atoms with Gasteiger partial charge in [-0.25, -0.2) is 4.39 Å². The van der Waals surface area contributed by atoms with Gasteiger partial charge in [0, 0.05) is 36.2 Å². The minimum atomic E-state index is -0.285. The molecule has 0 bridgehead atoms. The molecule has 10 nitrogen and oxygen atoms in total. The Morgan fingerprint density at radius 1 is 0.875 bits per heavy atom. The zero-order chi connectivity index (χ0) is 27.3. The molecule has 6 rings (SSSR count). The quantitative estimate of drug-likeness (QED) is 0.297. The minimum Gasteiger partial charge on any atom is -0.475 e. The fourth-order valence-electron chi connectivity index (χ4n) is 4.73. The van der Waals surface area contributed by atoms with Gasteiger partial charge in [0.15, 0.2) is 17.3 Å². The molecule has 1 fully saturated rings. The number of halogens is 1. The van der Waals surface area contributed by atoms with Crippen LogP contribution in [0.5, 0.6) is 5.88 Å². The molecule has 1 aliphatic rings. The first-order chi connectivity index (χ1) is 19.6. The molecule has 11 heteroatoms. The number of nitrogens with one attached hydrogen (secondary N) is 1. The standard InChI is InChI=1S/C29H27FN8O2/c30-23-8-6-20(7-9-23)24-10-11-25(33-32-24)37-17-14-22(15-18-37)29(39)31-16-19-40-27-13-12-26-34-35-28(38(26)36-27)21-4-2-1-3-5-21/h1-13,22H,14-19H2,(H,31,39). The number of carbonyl (C=O) groups excluding carboxylic acids is 1. The van der Waals surface area contributed by atoms with E-state index in [-0.39, 0.29) is 17.6 Å². The highest BCUT2D eigenvalue weighted by atomic mass is 19.1. The predicted molar refractivity (Wildman–Crippen MR) is 147 cm³/mol. The molecule has 4 heterocycles. The Bertz CT molecular complexity index is 1580. The lowest BCUT2D eigenvalue weighted by Gasteiger charge is -2.31. The summed E-state index contributed by atoms with van der Waals surface area (Å²) in [5, 5.41) is 24.5. The Morgan fingerprint density at radius 2 is 1.68 bits per heavy atom. The van der Waals surface area contributed by atoms with Crippen LogP contribution in [0.1, 0.15) is 12.8 Å². The lowest BCUT2D eigenvalue weighted by atomic mass is 9.96. The van der Waals surface area contributed by atoms with Crippen LogP contribution in [0.25, 0.3) is 28.3 Å². The molecular formula is C29H27FN8O2. The van der Waals surface area contributed by atoms with E-state index in [1.54, 1.807) is 28.8 Å². The molecule has 1 N–H and O–H groups in total. The number of carbonyl (C=O) groups is 1. The molecule has 0 saturated carbocycles. The van der Waals surface area contributed by atoms with Gasteiger partial charge in [0.05, 0.1) is 12.2 Å². The van der Waals surface area contributed by atoms with Crippen molar-refractivity contribution in [3.8, 4) is 28.5 Å². The van der Waals surface area contributed by atoms with Gasteiger partial charge in [-0.05, 0) is 55.3 Å². The second-order valence-electron chi connectivity index (χ2n) is 9.52. The first-order valence-electron chi connectivity index (χ1n) is 13.2. The number of aromatic nitrogens is 6. The zero-order valence-corrected chi connectivity index (χ0v) is 21.7. The normalized spacial score (nSPS) is 13.9. The number of ether oxygens (including phenoxy) is 1. The summed E-state index contributed by atoms with van der Waals surface area (Å²) in [6.07, 6.45) is 1.45. The lowest BCUT2D eigenvalue weighted by Crippen LogP contribution is -2.41. The van der Waals surface area contributed by atoms with Crippen molar-refractivity contribution in [2.75, 3.05) is 31.1 Å². The number of piperidine rings is 1. The molecule has 5 aromatic rings. The van der Waals surface area contributed by atoms with E-state index in [1.165, 1.54) is 12.1 Å². The third-order valence-corrected chi connectivity index (χ3v) is 6.90. The highest BCUT2D eigenvalue weighted by Gasteiger charge is 2.25. The molecule has 3 aromatic heterocycles. The molecule has 2 aromatic carbocycles. The van der Waals surface area contributed by atoms with Gasteiger partial charge in [0.2, 0.25) is 11.8 Å². The van der Waals surface area contributed by atoms with E-state index in [2.05, 4.69) is 35.7 Å². The minimum absolute atomic E-state index is 0.0228. The van der Waals surface area contributed by atoms with Gasteiger partial charge in [-0.3, -0.25) is 4.79 Å². The third kappa shape index (κ3) is 5.58. The molecule has 1 amide bonds. The predicted octanol–water partition coefficient (Wildman–Crippen LogP) is 3.80. The molecule has 0 spiro atoms. The summed E-state index contributed by atoms with van der Waals surface area (Å²) in [6.45, 7) is 2.10. The van der Waals surface area contributed by atoms with Gasteiger partial charge in [0.1, 0.15) is 12.4 Å². The largest absolute Gasteiger partial charge is 0.475 e. The Balaban J connectivity index is 0.964. The first kappa shape index (κ1) is 25.4. The summed E-state index contributed by atoms with van der Waals surface area (Å²) in [5.41, 5.74) is 3.04. The monoisotopic (exact) mass is 538 g/mol. The van der Waals surface area contributed by atoms with Gasteiger partial charge in [-0.15, -0.1) is 25.5 Å². The van der Waals surface area contributed by atoms with E-state index in [1.807, 2.05) is 42.5 Å². The molecule has 1 aliphatic heterocycles. The summed E-state index contributed by atoms with van der Waals surface area (Å²) in [6, 6.07) is 23.2. The van der Waals surface area contributed by atoms with E-state index in [9.17, 15) is 9.18 Å². The highest BCUT2D eigenvalue weighted by molar-refractivity contribution is 5.79. The summed E-state index contributed by atoms with van der Waals surface area (Å²) >= 11 is 0. The van der Waals surface area contributed by atoms with Crippen LogP contribution in [0.3, 0.4) is 0 Å². The van der Waals surface area contributed by atoms with E-state index in [4.69, 9.17) is 4.74 Å². The van der Waals surface area contributed by atoms with Crippen LogP contribution in [0.15, 0.2) is 78.9 Å². The average molecular weight is 539 g/mol. The Kier molecular flexibility index (Phi) is 7.25. The fourth-order valence-corrected chi connectivity index (χ4v) is 4.73. The van der Waals surface area contributed by atoms with Crippen molar-refractivity contribution in [3.63, 3.8) is 0 Å². The maximum Gasteiger partial charge on any atom is 0.231 e. The molecule has 0 aliphatic carbocycles. The Morgan fingerprint density at radius 3 is 2.42 bits per heavy atom. The Labute approximate surface area is 229 Å². The van der Waals surface area contributed by atoms with Crippen molar-refractivity contribution in [2.24, 2.45) is 5.92 Å². The summed E-state index contributed by atoms with van der Waals surface area (Å²) in [7, 11) is 0. The molecule has 0 atom stereocenters. The van der Waals surface area contributed by atoms with Gasteiger partial charge >= 0.3 is 0 Å².